The van der Waals surface area contributed by atoms with Crippen LogP contribution in [0.25, 0.3) is 0 Å². The Morgan fingerprint density at radius 2 is 1.00 bits per heavy atom. The van der Waals surface area contributed by atoms with Crippen LogP contribution in [-0.4, -0.2) is 0 Å². The summed E-state index contributed by atoms with van der Waals surface area (Å²) < 4.78 is 12.2. The zero-order valence-electron chi connectivity index (χ0n) is 14.6. The van der Waals surface area contributed by atoms with Crippen molar-refractivity contribution in [2.45, 2.75) is 27.7 Å². The number of benzene rings is 3. The maximum Gasteiger partial charge on any atom is 0.133 e. The molecule has 0 amide bonds. The van der Waals surface area contributed by atoms with Gasteiger partial charge in [0.15, 0.2) is 0 Å². The van der Waals surface area contributed by atoms with E-state index in [9.17, 15) is 0 Å². The maximum atomic E-state index is 6.15. The average molecular weight is 318 g/mol. The van der Waals surface area contributed by atoms with E-state index in [4.69, 9.17) is 9.47 Å². The first-order valence-electron chi connectivity index (χ1n) is 8.13. The average Bonchev–Trinajstić information content (AvgIpc) is 2.55. The normalized spacial score (nSPS) is 10.5. The van der Waals surface area contributed by atoms with Crippen molar-refractivity contribution in [3.05, 3.63) is 82.9 Å². The smallest absolute Gasteiger partial charge is 0.133 e. The lowest BCUT2D eigenvalue weighted by atomic mass is 10.1. The summed E-state index contributed by atoms with van der Waals surface area (Å²) in [5.41, 5.74) is 4.38. The number of aryl methyl sites for hydroxylation is 4. The van der Waals surface area contributed by atoms with E-state index in [0.29, 0.717) is 0 Å². The SMILES string of the molecule is Cc1cccc(C)c1Oc1cc(C)c(Oc2ccccc2)c(C)c1. The Labute approximate surface area is 143 Å². The van der Waals surface area contributed by atoms with Crippen molar-refractivity contribution in [1.82, 2.24) is 0 Å². The van der Waals surface area contributed by atoms with E-state index in [0.717, 1.165) is 45.3 Å². The molecule has 3 rings (SSSR count). The molecule has 0 saturated carbocycles. The van der Waals surface area contributed by atoms with Crippen LogP contribution in [0.15, 0.2) is 60.7 Å². The van der Waals surface area contributed by atoms with E-state index in [1.54, 1.807) is 0 Å². The van der Waals surface area contributed by atoms with Crippen molar-refractivity contribution < 1.29 is 9.47 Å². The second-order valence-electron chi connectivity index (χ2n) is 6.12. The van der Waals surface area contributed by atoms with Gasteiger partial charge in [0.1, 0.15) is 23.0 Å². The Bertz CT molecular complexity index is 808. The highest BCUT2D eigenvalue weighted by atomic mass is 16.5. The third kappa shape index (κ3) is 3.43. The van der Waals surface area contributed by atoms with E-state index < -0.39 is 0 Å². The summed E-state index contributed by atoms with van der Waals surface area (Å²) in [4.78, 5) is 0. The minimum Gasteiger partial charge on any atom is -0.457 e. The largest absolute Gasteiger partial charge is 0.457 e. The molecule has 0 aromatic heterocycles. The summed E-state index contributed by atoms with van der Waals surface area (Å²) in [7, 11) is 0. The number of rotatable bonds is 4. The maximum absolute atomic E-state index is 6.15. The first-order valence-corrected chi connectivity index (χ1v) is 8.13. The molecule has 0 aliphatic carbocycles. The summed E-state index contributed by atoms with van der Waals surface area (Å²) in [5.74, 6) is 3.48. The van der Waals surface area contributed by atoms with Crippen LogP contribution in [0.3, 0.4) is 0 Å². The number of para-hydroxylation sites is 2. The van der Waals surface area contributed by atoms with Gasteiger partial charge in [-0.05, 0) is 74.2 Å². The van der Waals surface area contributed by atoms with Crippen molar-refractivity contribution in [2.24, 2.45) is 0 Å². The van der Waals surface area contributed by atoms with Crippen molar-refractivity contribution in [3.8, 4) is 23.0 Å². The van der Waals surface area contributed by atoms with Crippen LogP contribution in [-0.2, 0) is 0 Å². The fourth-order valence-corrected chi connectivity index (χ4v) is 2.81. The standard InChI is InChI=1S/C22H22O2/c1-15-9-8-10-16(2)21(15)24-20-13-17(3)22(18(4)14-20)23-19-11-6-5-7-12-19/h5-14H,1-4H3. The van der Waals surface area contributed by atoms with Gasteiger partial charge >= 0.3 is 0 Å². The van der Waals surface area contributed by atoms with Gasteiger partial charge in [-0.15, -0.1) is 0 Å². The number of hydrogen-bond donors (Lipinski definition) is 0. The molecule has 0 atom stereocenters. The van der Waals surface area contributed by atoms with Crippen molar-refractivity contribution >= 4 is 0 Å². The van der Waals surface area contributed by atoms with Gasteiger partial charge < -0.3 is 9.47 Å². The summed E-state index contributed by atoms with van der Waals surface area (Å²) in [6.07, 6.45) is 0. The van der Waals surface area contributed by atoms with Crippen molar-refractivity contribution in [1.29, 1.82) is 0 Å². The van der Waals surface area contributed by atoms with Gasteiger partial charge in [-0.25, -0.2) is 0 Å². The Morgan fingerprint density at radius 1 is 0.500 bits per heavy atom. The number of ether oxygens (including phenoxy) is 2. The minimum atomic E-state index is 0.836. The summed E-state index contributed by atoms with van der Waals surface area (Å²) in [6.45, 7) is 8.22. The van der Waals surface area contributed by atoms with E-state index in [2.05, 4.69) is 26.0 Å². The molecular formula is C22H22O2. The van der Waals surface area contributed by atoms with Crippen molar-refractivity contribution in [3.63, 3.8) is 0 Å². The minimum absolute atomic E-state index is 0.836. The van der Waals surface area contributed by atoms with Gasteiger partial charge in [-0.3, -0.25) is 0 Å². The summed E-state index contributed by atoms with van der Waals surface area (Å²) in [5, 5.41) is 0. The molecule has 0 aliphatic heterocycles. The fourth-order valence-electron chi connectivity index (χ4n) is 2.81. The molecule has 122 valence electrons. The van der Waals surface area contributed by atoms with E-state index in [-0.39, 0.29) is 0 Å². The van der Waals surface area contributed by atoms with E-state index in [1.165, 1.54) is 0 Å². The molecule has 3 aromatic rings. The Morgan fingerprint density at radius 3 is 1.58 bits per heavy atom. The first kappa shape index (κ1) is 16.1. The third-order valence-electron chi connectivity index (χ3n) is 4.03. The van der Waals surface area contributed by atoms with Gasteiger partial charge in [0.2, 0.25) is 0 Å². The Kier molecular flexibility index (Phi) is 4.57. The lowest BCUT2D eigenvalue weighted by Gasteiger charge is -2.16. The molecule has 24 heavy (non-hydrogen) atoms. The van der Waals surface area contributed by atoms with Crippen molar-refractivity contribution in [2.75, 3.05) is 0 Å². The molecule has 3 aromatic carbocycles. The molecule has 2 nitrogen and oxygen atoms in total. The third-order valence-corrected chi connectivity index (χ3v) is 4.03. The molecule has 0 aliphatic rings. The van der Waals surface area contributed by atoms with Gasteiger partial charge in [-0.2, -0.15) is 0 Å². The van der Waals surface area contributed by atoms with Crippen LogP contribution in [0.2, 0.25) is 0 Å². The van der Waals surface area contributed by atoms with Crippen LogP contribution in [0.4, 0.5) is 0 Å². The van der Waals surface area contributed by atoms with E-state index in [1.807, 2.05) is 62.4 Å². The Hall–Kier alpha value is -2.74. The molecule has 0 unspecified atom stereocenters. The first-order chi connectivity index (χ1) is 11.5. The molecule has 0 radical (unpaired) electrons. The fraction of sp³-hybridized carbons (Fsp3) is 0.182. The van der Waals surface area contributed by atoms with Gasteiger partial charge in [0, 0.05) is 0 Å². The lowest BCUT2D eigenvalue weighted by Crippen LogP contribution is -1.95. The highest BCUT2D eigenvalue weighted by Gasteiger charge is 2.11. The highest BCUT2D eigenvalue weighted by Crippen LogP contribution is 2.35. The van der Waals surface area contributed by atoms with E-state index >= 15 is 0 Å². The molecule has 0 bridgehead atoms. The van der Waals surface area contributed by atoms with Crippen LogP contribution >= 0.6 is 0 Å². The summed E-state index contributed by atoms with van der Waals surface area (Å²) >= 11 is 0. The molecule has 0 saturated heterocycles. The molecular weight excluding hydrogens is 296 g/mol. The predicted molar refractivity (Wildman–Crippen MR) is 98.4 cm³/mol. The van der Waals surface area contributed by atoms with Crippen LogP contribution in [0.1, 0.15) is 22.3 Å². The highest BCUT2D eigenvalue weighted by molar-refractivity contribution is 5.50. The molecule has 2 heteroatoms. The molecule has 0 N–H and O–H groups in total. The summed E-state index contributed by atoms with van der Waals surface area (Å²) in [6, 6.07) is 20.1. The van der Waals surface area contributed by atoms with Gasteiger partial charge in [0.05, 0.1) is 0 Å². The second kappa shape index (κ2) is 6.79. The lowest BCUT2D eigenvalue weighted by molar-refractivity contribution is 0.459. The Balaban J connectivity index is 1.90. The van der Waals surface area contributed by atoms with Gasteiger partial charge in [-0.1, -0.05) is 36.4 Å². The van der Waals surface area contributed by atoms with Crippen LogP contribution < -0.4 is 9.47 Å². The molecule has 0 spiro atoms. The van der Waals surface area contributed by atoms with Gasteiger partial charge in [0.25, 0.3) is 0 Å². The monoisotopic (exact) mass is 318 g/mol. The second-order valence-corrected chi connectivity index (χ2v) is 6.12. The predicted octanol–water partition coefficient (Wildman–Crippen LogP) is 6.50. The topological polar surface area (TPSA) is 18.5 Å². The number of hydrogen-bond acceptors (Lipinski definition) is 2. The van der Waals surface area contributed by atoms with Crippen LogP contribution in [0, 0.1) is 27.7 Å². The molecule has 0 fully saturated rings. The van der Waals surface area contributed by atoms with Crippen LogP contribution in [0.5, 0.6) is 23.0 Å². The quantitative estimate of drug-likeness (QED) is 0.546. The molecule has 0 heterocycles. The zero-order valence-corrected chi connectivity index (χ0v) is 14.6. The zero-order chi connectivity index (χ0) is 17.1.